The minimum Gasteiger partial charge on any atom is -0.496 e. The maximum atomic E-state index is 10.9. The Kier molecular flexibility index (Phi) is 5.10. The van der Waals surface area contributed by atoms with E-state index in [1.165, 1.54) is 6.07 Å². The molecule has 0 saturated carbocycles. The molecule has 8 heteroatoms. The number of hydrogen-bond donors (Lipinski definition) is 3. The van der Waals surface area contributed by atoms with Crippen molar-refractivity contribution in [1.82, 2.24) is 0 Å². The van der Waals surface area contributed by atoms with Crippen molar-refractivity contribution >= 4 is 23.3 Å². The van der Waals surface area contributed by atoms with E-state index in [2.05, 4.69) is 15.7 Å². The monoisotopic (exact) mass is 342 g/mol. The molecule has 0 unspecified atom stereocenters. The molecule has 3 N–H and O–H groups in total. The zero-order chi connectivity index (χ0) is 17.6. The molecule has 0 atom stereocenters. The van der Waals surface area contributed by atoms with Gasteiger partial charge in [-0.2, -0.15) is 5.10 Å². The largest absolute Gasteiger partial charge is 0.496 e. The van der Waals surface area contributed by atoms with Gasteiger partial charge in [-0.05, 0) is 48.4 Å². The van der Waals surface area contributed by atoms with Crippen molar-refractivity contribution in [3.05, 3.63) is 46.4 Å². The molecule has 1 aliphatic heterocycles. The second-order valence-electron chi connectivity index (χ2n) is 5.42. The zero-order valence-electron chi connectivity index (χ0n) is 13.7. The van der Waals surface area contributed by atoms with Gasteiger partial charge < -0.3 is 9.47 Å². The summed E-state index contributed by atoms with van der Waals surface area (Å²) in [6.07, 6.45) is 3.45. The normalized spacial score (nSPS) is 13.0. The molecule has 0 aromatic heterocycles. The number of fused-ring (bicyclic) bond motifs is 1. The number of ether oxygens (including phenoxy) is 2. The van der Waals surface area contributed by atoms with Crippen LogP contribution in [-0.4, -0.2) is 25.1 Å². The molecule has 0 bridgehead atoms. The number of hydrazone groups is 1. The molecule has 0 aliphatic carbocycles. The van der Waals surface area contributed by atoms with Crippen LogP contribution in [0, 0.1) is 4.91 Å². The Morgan fingerprint density at radius 2 is 2.20 bits per heavy atom. The van der Waals surface area contributed by atoms with Crippen LogP contribution >= 0.6 is 0 Å². The lowest BCUT2D eigenvalue weighted by atomic mass is 9.99. The van der Waals surface area contributed by atoms with Crippen LogP contribution in [-0.2, 0) is 6.42 Å². The van der Waals surface area contributed by atoms with E-state index in [0.717, 1.165) is 29.7 Å². The van der Waals surface area contributed by atoms with Crippen LogP contribution in [0.5, 0.6) is 11.5 Å². The van der Waals surface area contributed by atoms with Gasteiger partial charge in [0.25, 0.3) is 0 Å². The molecule has 1 heterocycles. The van der Waals surface area contributed by atoms with E-state index in [9.17, 15) is 4.91 Å². The maximum Gasteiger partial charge on any atom is 0.135 e. The van der Waals surface area contributed by atoms with Crippen molar-refractivity contribution in [1.29, 1.82) is 0 Å². The molecule has 2 aromatic rings. The summed E-state index contributed by atoms with van der Waals surface area (Å²) < 4.78 is 11.1. The van der Waals surface area contributed by atoms with Gasteiger partial charge in [-0.25, -0.2) is 0 Å². The zero-order valence-corrected chi connectivity index (χ0v) is 13.7. The first kappa shape index (κ1) is 16.7. The molecule has 0 radical (unpaired) electrons. The number of benzene rings is 2. The number of methoxy groups -OCH3 is 1. The standard InChI is InChI=1S/C17H18N4O4/c1-24-16-6-7-17-12(3-2-8-25-17)13(16)10-18-19-14-5-4-11(20-22)9-15(14)21-23/h4-7,9-10,19-20,22H,2-3,8H2,1H3/b18-10+. The molecule has 25 heavy (non-hydrogen) atoms. The highest BCUT2D eigenvalue weighted by molar-refractivity contribution is 5.88. The van der Waals surface area contributed by atoms with Gasteiger partial charge in [0.05, 0.1) is 31.3 Å². The third kappa shape index (κ3) is 3.53. The topological polar surface area (TPSA) is 105 Å². The van der Waals surface area contributed by atoms with E-state index in [1.54, 1.807) is 25.5 Å². The van der Waals surface area contributed by atoms with Gasteiger partial charge in [-0.15, -0.1) is 4.91 Å². The molecular formula is C17H18N4O4. The molecule has 3 rings (SSSR count). The lowest BCUT2D eigenvalue weighted by molar-refractivity contribution is 0.287. The molecule has 2 aromatic carbocycles. The van der Waals surface area contributed by atoms with Gasteiger partial charge in [0.15, 0.2) is 0 Å². The Morgan fingerprint density at radius 3 is 2.96 bits per heavy atom. The summed E-state index contributed by atoms with van der Waals surface area (Å²) in [6, 6.07) is 8.32. The number of hydrogen-bond acceptors (Lipinski definition) is 8. The van der Waals surface area contributed by atoms with E-state index in [-0.39, 0.29) is 5.69 Å². The first-order valence-electron chi connectivity index (χ1n) is 7.76. The Labute approximate surface area is 144 Å². The van der Waals surface area contributed by atoms with E-state index in [1.807, 2.05) is 17.6 Å². The fourth-order valence-corrected chi connectivity index (χ4v) is 2.70. The summed E-state index contributed by atoms with van der Waals surface area (Å²) in [7, 11) is 1.60. The van der Waals surface area contributed by atoms with Crippen molar-refractivity contribution in [3.8, 4) is 11.5 Å². The van der Waals surface area contributed by atoms with Gasteiger partial charge >= 0.3 is 0 Å². The molecule has 8 nitrogen and oxygen atoms in total. The van der Waals surface area contributed by atoms with E-state index >= 15 is 0 Å². The summed E-state index contributed by atoms with van der Waals surface area (Å²) >= 11 is 0. The first-order chi connectivity index (χ1) is 12.3. The predicted octanol–water partition coefficient (Wildman–Crippen LogP) is 3.67. The van der Waals surface area contributed by atoms with Gasteiger partial charge in [-0.1, -0.05) is 0 Å². The summed E-state index contributed by atoms with van der Waals surface area (Å²) in [6.45, 7) is 0.702. The summed E-state index contributed by atoms with van der Waals surface area (Å²) in [5.74, 6) is 1.53. The van der Waals surface area contributed by atoms with Gasteiger partial charge in [0.1, 0.15) is 17.2 Å². The summed E-state index contributed by atoms with van der Waals surface area (Å²) in [5, 5.41) is 16.0. The molecule has 130 valence electrons. The van der Waals surface area contributed by atoms with Crippen molar-refractivity contribution in [2.75, 3.05) is 24.6 Å². The highest BCUT2D eigenvalue weighted by Crippen LogP contribution is 2.33. The predicted molar refractivity (Wildman–Crippen MR) is 95.3 cm³/mol. The average molecular weight is 342 g/mol. The van der Waals surface area contributed by atoms with Crippen LogP contribution in [0.1, 0.15) is 17.5 Å². The Bertz CT molecular complexity index is 807. The fourth-order valence-electron chi connectivity index (χ4n) is 2.70. The summed E-state index contributed by atoms with van der Waals surface area (Å²) in [5.41, 5.74) is 7.55. The molecule has 0 fully saturated rings. The fraction of sp³-hybridized carbons (Fsp3) is 0.235. The highest BCUT2D eigenvalue weighted by Gasteiger charge is 2.17. The van der Waals surface area contributed by atoms with Crippen LogP contribution in [0.2, 0.25) is 0 Å². The molecule has 0 amide bonds. The maximum absolute atomic E-state index is 10.9. The first-order valence-corrected chi connectivity index (χ1v) is 7.76. The third-order valence-electron chi connectivity index (χ3n) is 3.93. The number of rotatable bonds is 6. The average Bonchev–Trinajstić information content (AvgIpc) is 2.68. The third-order valence-corrected chi connectivity index (χ3v) is 3.93. The molecule has 0 spiro atoms. The van der Waals surface area contributed by atoms with E-state index in [4.69, 9.17) is 14.7 Å². The molecule has 0 saturated heterocycles. The number of nitrogens with one attached hydrogen (secondary N) is 2. The van der Waals surface area contributed by atoms with E-state index < -0.39 is 0 Å². The lowest BCUT2D eigenvalue weighted by Gasteiger charge is -2.20. The SMILES string of the molecule is COc1ccc2c(c1/C=N/Nc1ccc(NO)cc1N=O)CCCO2. The van der Waals surface area contributed by atoms with E-state index in [0.29, 0.717) is 23.7 Å². The lowest BCUT2D eigenvalue weighted by Crippen LogP contribution is -2.11. The van der Waals surface area contributed by atoms with Crippen LogP contribution < -0.4 is 20.4 Å². The number of anilines is 2. The highest BCUT2D eigenvalue weighted by atomic mass is 16.5. The number of nitroso groups, excluding NO2 is 1. The number of nitrogens with zero attached hydrogens (tertiary/aromatic N) is 2. The van der Waals surface area contributed by atoms with Crippen molar-refractivity contribution in [3.63, 3.8) is 0 Å². The van der Waals surface area contributed by atoms with Gasteiger partial charge in [0, 0.05) is 11.1 Å². The quantitative estimate of drug-likeness (QED) is 0.420. The van der Waals surface area contributed by atoms with Gasteiger partial charge in [-0.3, -0.25) is 16.1 Å². The molecular weight excluding hydrogens is 324 g/mol. The van der Waals surface area contributed by atoms with Crippen LogP contribution in [0.15, 0.2) is 40.6 Å². The Morgan fingerprint density at radius 1 is 1.32 bits per heavy atom. The minimum absolute atomic E-state index is 0.126. The smallest absolute Gasteiger partial charge is 0.135 e. The van der Waals surface area contributed by atoms with Crippen molar-refractivity contribution in [2.45, 2.75) is 12.8 Å². The summed E-state index contributed by atoms with van der Waals surface area (Å²) in [4.78, 5) is 10.9. The van der Waals surface area contributed by atoms with Crippen molar-refractivity contribution in [2.24, 2.45) is 10.3 Å². The minimum atomic E-state index is 0.126. The van der Waals surface area contributed by atoms with Crippen LogP contribution in [0.3, 0.4) is 0 Å². The Balaban J connectivity index is 1.87. The van der Waals surface area contributed by atoms with Crippen LogP contribution in [0.25, 0.3) is 0 Å². The second-order valence-corrected chi connectivity index (χ2v) is 5.42. The van der Waals surface area contributed by atoms with Crippen molar-refractivity contribution < 1.29 is 14.7 Å². The molecule has 1 aliphatic rings. The second kappa shape index (κ2) is 7.63. The van der Waals surface area contributed by atoms with Gasteiger partial charge in [0.2, 0.25) is 0 Å². The van der Waals surface area contributed by atoms with Crippen LogP contribution in [0.4, 0.5) is 17.1 Å². The Hall–Kier alpha value is -3.13.